The van der Waals surface area contributed by atoms with Gasteiger partial charge in [0.2, 0.25) is 0 Å². The van der Waals surface area contributed by atoms with Gasteiger partial charge in [-0.15, -0.1) is 0 Å². The number of nitrogens with zero attached hydrogens (tertiary/aromatic N) is 1. The Kier molecular flexibility index (Phi) is 2.89. The van der Waals surface area contributed by atoms with Crippen LogP contribution in [0.1, 0.15) is 32.6 Å². The third-order valence-electron chi connectivity index (χ3n) is 3.62. The van der Waals surface area contributed by atoms with E-state index in [0.29, 0.717) is 5.92 Å². The maximum Gasteiger partial charge on any atom is 0.0580 e. The van der Waals surface area contributed by atoms with Crippen LogP contribution in [-0.4, -0.2) is 35.7 Å². The minimum absolute atomic E-state index is 0.00379. The van der Waals surface area contributed by atoms with Crippen molar-refractivity contribution in [1.82, 2.24) is 4.90 Å². The second-order valence-electron chi connectivity index (χ2n) is 4.91. The Labute approximate surface area is 80.9 Å². The molecule has 76 valence electrons. The standard InChI is InChI=1S/C11H21NO/c1-9-5-6-12(7-9)8-10-3-2-4-11(10)13/h9-11,13H,2-8H2,1H3. The monoisotopic (exact) mass is 183 g/mol. The summed E-state index contributed by atoms with van der Waals surface area (Å²) in [5.41, 5.74) is 0. The number of hydrogen-bond donors (Lipinski definition) is 1. The summed E-state index contributed by atoms with van der Waals surface area (Å²) in [7, 11) is 0. The van der Waals surface area contributed by atoms with Crippen LogP contribution in [0.15, 0.2) is 0 Å². The normalized spacial score (nSPS) is 41.5. The van der Waals surface area contributed by atoms with Crippen LogP contribution in [0.3, 0.4) is 0 Å². The Morgan fingerprint density at radius 2 is 2.15 bits per heavy atom. The van der Waals surface area contributed by atoms with E-state index < -0.39 is 0 Å². The second-order valence-corrected chi connectivity index (χ2v) is 4.91. The first kappa shape index (κ1) is 9.47. The summed E-state index contributed by atoms with van der Waals surface area (Å²) >= 11 is 0. The lowest BCUT2D eigenvalue weighted by atomic mass is 10.1. The Morgan fingerprint density at radius 1 is 1.31 bits per heavy atom. The van der Waals surface area contributed by atoms with Gasteiger partial charge in [0.1, 0.15) is 0 Å². The molecule has 1 saturated heterocycles. The molecule has 0 aromatic carbocycles. The van der Waals surface area contributed by atoms with E-state index in [0.717, 1.165) is 18.9 Å². The molecule has 1 aliphatic carbocycles. The first-order chi connectivity index (χ1) is 6.25. The van der Waals surface area contributed by atoms with Crippen LogP contribution in [0, 0.1) is 11.8 Å². The molecular formula is C11H21NO. The zero-order chi connectivity index (χ0) is 9.26. The van der Waals surface area contributed by atoms with Gasteiger partial charge in [0.25, 0.3) is 0 Å². The zero-order valence-electron chi connectivity index (χ0n) is 8.58. The van der Waals surface area contributed by atoms with E-state index in [-0.39, 0.29) is 6.10 Å². The zero-order valence-corrected chi connectivity index (χ0v) is 8.58. The number of aliphatic hydroxyl groups excluding tert-OH is 1. The average molecular weight is 183 g/mol. The molecule has 0 bridgehead atoms. The highest BCUT2D eigenvalue weighted by Crippen LogP contribution is 2.28. The molecule has 1 N–H and O–H groups in total. The van der Waals surface area contributed by atoms with Gasteiger partial charge in [-0.05, 0) is 37.6 Å². The van der Waals surface area contributed by atoms with Gasteiger partial charge >= 0.3 is 0 Å². The van der Waals surface area contributed by atoms with E-state index in [9.17, 15) is 5.11 Å². The molecule has 3 unspecified atom stereocenters. The predicted molar refractivity (Wildman–Crippen MR) is 53.6 cm³/mol. The van der Waals surface area contributed by atoms with Crippen LogP contribution >= 0.6 is 0 Å². The fourth-order valence-electron chi connectivity index (χ4n) is 2.75. The van der Waals surface area contributed by atoms with Crippen LogP contribution in [0.2, 0.25) is 0 Å². The van der Waals surface area contributed by atoms with E-state index >= 15 is 0 Å². The Bertz CT molecular complexity index is 171. The molecule has 0 amide bonds. The highest BCUT2D eigenvalue weighted by molar-refractivity contribution is 4.82. The van der Waals surface area contributed by atoms with Gasteiger partial charge in [0.15, 0.2) is 0 Å². The van der Waals surface area contributed by atoms with Crippen molar-refractivity contribution in [2.24, 2.45) is 11.8 Å². The van der Waals surface area contributed by atoms with Gasteiger partial charge < -0.3 is 10.0 Å². The second kappa shape index (κ2) is 3.97. The molecule has 2 rings (SSSR count). The SMILES string of the molecule is CC1CCN(CC2CCCC2O)C1. The Hall–Kier alpha value is -0.0800. The lowest BCUT2D eigenvalue weighted by molar-refractivity contribution is 0.108. The first-order valence-corrected chi connectivity index (χ1v) is 5.66. The molecule has 2 nitrogen and oxygen atoms in total. The average Bonchev–Trinajstić information content (AvgIpc) is 2.64. The molecule has 0 radical (unpaired) electrons. The molecule has 1 saturated carbocycles. The van der Waals surface area contributed by atoms with Gasteiger partial charge in [-0.2, -0.15) is 0 Å². The van der Waals surface area contributed by atoms with E-state index in [1.54, 1.807) is 0 Å². The quantitative estimate of drug-likeness (QED) is 0.701. The molecule has 2 aliphatic rings. The Morgan fingerprint density at radius 3 is 2.69 bits per heavy atom. The van der Waals surface area contributed by atoms with Crippen LogP contribution in [0.5, 0.6) is 0 Å². The lowest BCUT2D eigenvalue weighted by Gasteiger charge is -2.22. The summed E-state index contributed by atoms with van der Waals surface area (Å²) in [6.45, 7) is 5.98. The summed E-state index contributed by atoms with van der Waals surface area (Å²) in [6.07, 6.45) is 4.86. The summed E-state index contributed by atoms with van der Waals surface area (Å²) in [6, 6.07) is 0. The van der Waals surface area contributed by atoms with Crippen LogP contribution in [0.25, 0.3) is 0 Å². The molecule has 1 heterocycles. The van der Waals surface area contributed by atoms with Gasteiger partial charge in [0, 0.05) is 13.1 Å². The van der Waals surface area contributed by atoms with Crippen LogP contribution in [-0.2, 0) is 0 Å². The Balaban J connectivity index is 1.77. The predicted octanol–water partition coefficient (Wildman–Crippen LogP) is 1.49. The van der Waals surface area contributed by atoms with Crippen LogP contribution in [0.4, 0.5) is 0 Å². The van der Waals surface area contributed by atoms with Crippen molar-refractivity contribution < 1.29 is 5.11 Å². The largest absolute Gasteiger partial charge is 0.393 e. The molecule has 0 aromatic heterocycles. The van der Waals surface area contributed by atoms with Crippen molar-refractivity contribution in [3.63, 3.8) is 0 Å². The highest BCUT2D eigenvalue weighted by atomic mass is 16.3. The van der Waals surface area contributed by atoms with Gasteiger partial charge in [-0.3, -0.25) is 0 Å². The third-order valence-corrected chi connectivity index (χ3v) is 3.62. The number of hydrogen-bond acceptors (Lipinski definition) is 2. The van der Waals surface area contributed by atoms with Crippen molar-refractivity contribution in [3.8, 4) is 0 Å². The molecule has 3 atom stereocenters. The van der Waals surface area contributed by atoms with Crippen LogP contribution < -0.4 is 0 Å². The highest BCUT2D eigenvalue weighted by Gasteiger charge is 2.29. The molecule has 0 aromatic rings. The third kappa shape index (κ3) is 2.23. The molecule has 2 heteroatoms. The molecule has 1 aliphatic heterocycles. The van der Waals surface area contributed by atoms with Crippen molar-refractivity contribution in [1.29, 1.82) is 0 Å². The minimum Gasteiger partial charge on any atom is -0.393 e. The van der Waals surface area contributed by atoms with Crippen molar-refractivity contribution in [2.75, 3.05) is 19.6 Å². The minimum atomic E-state index is -0.00379. The van der Waals surface area contributed by atoms with Gasteiger partial charge in [0.05, 0.1) is 6.10 Å². The lowest BCUT2D eigenvalue weighted by Crippen LogP contribution is -2.31. The van der Waals surface area contributed by atoms with Crippen molar-refractivity contribution >= 4 is 0 Å². The molecule has 13 heavy (non-hydrogen) atoms. The fourth-order valence-corrected chi connectivity index (χ4v) is 2.75. The van der Waals surface area contributed by atoms with E-state index in [1.165, 1.54) is 32.4 Å². The summed E-state index contributed by atoms with van der Waals surface area (Å²) in [4.78, 5) is 2.53. The number of aliphatic hydroxyl groups is 1. The van der Waals surface area contributed by atoms with E-state index in [1.807, 2.05) is 0 Å². The summed E-state index contributed by atoms with van der Waals surface area (Å²) < 4.78 is 0. The summed E-state index contributed by atoms with van der Waals surface area (Å²) in [5.74, 6) is 1.45. The van der Waals surface area contributed by atoms with Crippen molar-refractivity contribution in [3.05, 3.63) is 0 Å². The molecule has 0 spiro atoms. The molecular weight excluding hydrogens is 162 g/mol. The number of likely N-dealkylation sites (tertiary alicyclic amines) is 1. The summed E-state index contributed by atoms with van der Waals surface area (Å²) in [5, 5.41) is 9.69. The van der Waals surface area contributed by atoms with E-state index in [4.69, 9.17) is 0 Å². The van der Waals surface area contributed by atoms with Gasteiger partial charge in [-0.1, -0.05) is 13.3 Å². The van der Waals surface area contributed by atoms with E-state index in [2.05, 4.69) is 11.8 Å². The maximum absolute atomic E-state index is 9.69. The maximum atomic E-state index is 9.69. The first-order valence-electron chi connectivity index (χ1n) is 5.66. The fraction of sp³-hybridized carbons (Fsp3) is 1.00. The number of rotatable bonds is 2. The smallest absolute Gasteiger partial charge is 0.0580 e. The topological polar surface area (TPSA) is 23.5 Å². The van der Waals surface area contributed by atoms with Crippen molar-refractivity contribution in [2.45, 2.75) is 38.7 Å². The van der Waals surface area contributed by atoms with Gasteiger partial charge in [-0.25, -0.2) is 0 Å². The molecule has 2 fully saturated rings.